The number of ether oxygens (including phenoxy) is 1. The van der Waals surface area contributed by atoms with Crippen molar-refractivity contribution in [3.05, 3.63) is 29.8 Å². The van der Waals surface area contributed by atoms with E-state index in [-0.39, 0.29) is 6.42 Å². The Morgan fingerprint density at radius 3 is 2.46 bits per heavy atom. The number of rotatable bonds is 11. The van der Waals surface area contributed by atoms with E-state index < -0.39 is 5.97 Å². The summed E-state index contributed by atoms with van der Waals surface area (Å²) in [6.45, 7) is 4.43. The Bertz CT molecular complexity index is 466. The number of benzene rings is 1. The zero-order valence-corrected chi connectivity index (χ0v) is 14.7. The molecule has 24 heavy (non-hydrogen) atoms. The Kier molecular flexibility index (Phi) is 8.67. The van der Waals surface area contributed by atoms with Crippen LogP contribution in [0.25, 0.3) is 0 Å². The minimum Gasteiger partial charge on any atom is -0.494 e. The molecule has 0 radical (unpaired) electrons. The summed E-state index contributed by atoms with van der Waals surface area (Å²) in [7, 11) is 0. The molecule has 1 fully saturated rings. The van der Waals surface area contributed by atoms with Crippen molar-refractivity contribution >= 4 is 5.97 Å². The van der Waals surface area contributed by atoms with Crippen molar-refractivity contribution in [2.75, 3.05) is 26.2 Å². The van der Waals surface area contributed by atoms with Crippen LogP contribution in [0.15, 0.2) is 24.3 Å². The first-order chi connectivity index (χ1) is 11.7. The highest BCUT2D eigenvalue weighted by molar-refractivity contribution is 5.66. The van der Waals surface area contributed by atoms with E-state index in [1.165, 1.54) is 37.9 Å². The standard InChI is InChI=1S/C20H31NO3/c22-20(23)9-4-1-3-8-18-10-12-19(13-11-18)24-17-7-16-21-14-5-2-6-15-21/h10-13H,1-9,14-17H2,(H,22,23). The molecule has 1 N–H and O–H groups in total. The number of aliphatic carboxylic acids is 1. The van der Waals surface area contributed by atoms with Gasteiger partial charge >= 0.3 is 5.97 Å². The van der Waals surface area contributed by atoms with E-state index in [1.807, 2.05) is 12.1 Å². The fourth-order valence-electron chi connectivity index (χ4n) is 3.20. The minimum absolute atomic E-state index is 0.282. The second-order valence-electron chi connectivity index (χ2n) is 6.70. The van der Waals surface area contributed by atoms with E-state index in [0.29, 0.717) is 0 Å². The van der Waals surface area contributed by atoms with Crippen molar-refractivity contribution in [1.29, 1.82) is 0 Å². The fraction of sp³-hybridized carbons (Fsp3) is 0.650. The average molecular weight is 333 g/mol. The maximum absolute atomic E-state index is 10.5. The zero-order chi connectivity index (χ0) is 17.0. The number of carbonyl (C=O) groups is 1. The molecule has 0 atom stereocenters. The quantitative estimate of drug-likeness (QED) is 0.619. The third-order valence-electron chi connectivity index (χ3n) is 4.62. The molecule has 0 aromatic heterocycles. The lowest BCUT2D eigenvalue weighted by atomic mass is 10.1. The van der Waals surface area contributed by atoms with Crippen molar-refractivity contribution in [1.82, 2.24) is 4.90 Å². The van der Waals surface area contributed by atoms with Crippen LogP contribution in [0.1, 0.15) is 56.9 Å². The van der Waals surface area contributed by atoms with Crippen LogP contribution in [0.4, 0.5) is 0 Å². The molecule has 1 aliphatic rings. The van der Waals surface area contributed by atoms with E-state index in [9.17, 15) is 4.79 Å². The highest BCUT2D eigenvalue weighted by Crippen LogP contribution is 2.15. The second-order valence-corrected chi connectivity index (χ2v) is 6.70. The van der Waals surface area contributed by atoms with E-state index >= 15 is 0 Å². The van der Waals surface area contributed by atoms with Crippen molar-refractivity contribution < 1.29 is 14.6 Å². The van der Waals surface area contributed by atoms with Crippen LogP contribution >= 0.6 is 0 Å². The molecule has 1 saturated heterocycles. The molecule has 0 bridgehead atoms. The number of carboxylic acid groups (broad SMARTS) is 1. The van der Waals surface area contributed by atoms with Crippen LogP contribution < -0.4 is 4.74 Å². The fourth-order valence-corrected chi connectivity index (χ4v) is 3.20. The van der Waals surface area contributed by atoms with Crippen molar-refractivity contribution in [3.8, 4) is 5.75 Å². The summed E-state index contributed by atoms with van der Waals surface area (Å²) in [5, 5.41) is 8.61. The summed E-state index contributed by atoms with van der Waals surface area (Å²) in [4.78, 5) is 13.0. The van der Waals surface area contributed by atoms with Crippen LogP contribution in [0.5, 0.6) is 5.75 Å². The van der Waals surface area contributed by atoms with Crippen LogP contribution in [0, 0.1) is 0 Å². The third-order valence-corrected chi connectivity index (χ3v) is 4.62. The molecule has 1 heterocycles. The molecule has 1 aromatic carbocycles. The van der Waals surface area contributed by atoms with Gasteiger partial charge in [-0.2, -0.15) is 0 Å². The highest BCUT2D eigenvalue weighted by atomic mass is 16.5. The number of hydrogen-bond acceptors (Lipinski definition) is 3. The third kappa shape index (κ3) is 7.82. The van der Waals surface area contributed by atoms with Gasteiger partial charge in [0.05, 0.1) is 6.61 Å². The molecule has 1 aliphatic heterocycles. The van der Waals surface area contributed by atoms with Crippen LogP contribution in [-0.4, -0.2) is 42.2 Å². The lowest BCUT2D eigenvalue weighted by Crippen LogP contribution is -2.31. The Morgan fingerprint density at radius 1 is 1.00 bits per heavy atom. The summed E-state index contributed by atoms with van der Waals surface area (Å²) in [5.41, 5.74) is 1.30. The monoisotopic (exact) mass is 333 g/mol. The molecule has 4 heteroatoms. The Morgan fingerprint density at radius 2 is 1.75 bits per heavy atom. The van der Waals surface area contributed by atoms with Gasteiger partial charge in [-0.05, 0) is 69.3 Å². The van der Waals surface area contributed by atoms with Crippen LogP contribution in [0.3, 0.4) is 0 Å². The van der Waals surface area contributed by atoms with Gasteiger partial charge in [-0.1, -0.05) is 25.0 Å². The van der Waals surface area contributed by atoms with E-state index in [2.05, 4.69) is 17.0 Å². The molecular weight excluding hydrogens is 302 g/mol. The number of hydrogen-bond donors (Lipinski definition) is 1. The maximum Gasteiger partial charge on any atom is 0.303 e. The van der Waals surface area contributed by atoms with Gasteiger partial charge in [0, 0.05) is 13.0 Å². The SMILES string of the molecule is O=C(O)CCCCCc1ccc(OCCCN2CCCCC2)cc1. The summed E-state index contributed by atoms with van der Waals surface area (Å²) in [5.74, 6) is 0.250. The molecular formula is C20H31NO3. The highest BCUT2D eigenvalue weighted by Gasteiger charge is 2.09. The number of likely N-dealkylation sites (tertiary alicyclic amines) is 1. The lowest BCUT2D eigenvalue weighted by Gasteiger charge is -2.26. The van der Waals surface area contributed by atoms with E-state index in [0.717, 1.165) is 51.0 Å². The van der Waals surface area contributed by atoms with Crippen molar-refractivity contribution in [2.45, 2.75) is 57.8 Å². The van der Waals surface area contributed by atoms with Gasteiger partial charge in [-0.3, -0.25) is 4.79 Å². The predicted octanol–water partition coefficient (Wildman–Crippen LogP) is 4.13. The van der Waals surface area contributed by atoms with Gasteiger partial charge in [-0.15, -0.1) is 0 Å². The van der Waals surface area contributed by atoms with Crippen molar-refractivity contribution in [3.63, 3.8) is 0 Å². The van der Waals surface area contributed by atoms with Gasteiger partial charge in [0.2, 0.25) is 0 Å². The largest absolute Gasteiger partial charge is 0.494 e. The molecule has 1 aromatic rings. The molecule has 2 rings (SSSR count). The van der Waals surface area contributed by atoms with Crippen LogP contribution in [0.2, 0.25) is 0 Å². The Balaban J connectivity index is 1.55. The number of nitrogens with zero attached hydrogens (tertiary/aromatic N) is 1. The minimum atomic E-state index is -0.697. The first-order valence-electron chi connectivity index (χ1n) is 9.40. The van der Waals surface area contributed by atoms with Gasteiger partial charge in [-0.25, -0.2) is 0 Å². The zero-order valence-electron chi connectivity index (χ0n) is 14.7. The van der Waals surface area contributed by atoms with Crippen LogP contribution in [-0.2, 0) is 11.2 Å². The average Bonchev–Trinajstić information content (AvgIpc) is 2.60. The van der Waals surface area contributed by atoms with Gasteiger partial charge in [0.1, 0.15) is 5.75 Å². The summed E-state index contributed by atoms with van der Waals surface area (Å²) >= 11 is 0. The molecule has 134 valence electrons. The van der Waals surface area contributed by atoms with Crippen molar-refractivity contribution in [2.24, 2.45) is 0 Å². The Hall–Kier alpha value is -1.55. The summed E-state index contributed by atoms with van der Waals surface area (Å²) in [6, 6.07) is 8.34. The van der Waals surface area contributed by atoms with Gasteiger partial charge in [0.25, 0.3) is 0 Å². The summed E-state index contributed by atoms with van der Waals surface area (Å²) in [6.07, 6.45) is 9.25. The normalized spacial score (nSPS) is 15.3. The first-order valence-corrected chi connectivity index (χ1v) is 9.40. The smallest absolute Gasteiger partial charge is 0.303 e. The number of aryl methyl sites for hydroxylation is 1. The molecule has 4 nitrogen and oxygen atoms in total. The topological polar surface area (TPSA) is 49.8 Å². The van der Waals surface area contributed by atoms with E-state index in [4.69, 9.17) is 9.84 Å². The van der Waals surface area contributed by atoms with Gasteiger partial charge < -0.3 is 14.7 Å². The van der Waals surface area contributed by atoms with E-state index in [1.54, 1.807) is 0 Å². The molecule has 0 aliphatic carbocycles. The molecule has 0 spiro atoms. The first kappa shape index (κ1) is 18.8. The summed E-state index contributed by atoms with van der Waals surface area (Å²) < 4.78 is 5.83. The lowest BCUT2D eigenvalue weighted by molar-refractivity contribution is -0.137. The number of carboxylic acids is 1. The Labute approximate surface area is 145 Å². The maximum atomic E-state index is 10.5. The molecule has 0 unspecified atom stereocenters. The molecule has 0 amide bonds. The van der Waals surface area contributed by atoms with Gasteiger partial charge in [0.15, 0.2) is 0 Å². The number of unbranched alkanes of at least 4 members (excludes halogenated alkanes) is 2. The number of piperidine rings is 1. The molecule has 0 saturated carbocycles. The predicted molar refractivity (Wildman–Crippen MR) is 96.7 cm³/mol. The second kappa shape index (κ2) is 11.1.